The Kier molecular flexibility index (Phi) is 5.55. The third-order valence-electron chi connectivity index (χ3n) is 3.83. The van der Waals surface area contributed by atoms with E-state index in [-0.39, 0.29) is 17.6 Å². The second-order valence-corrected chi connectivity index (χ2v) is 6.75. The van der Waals surface area contributed by atoms with Crippen molar-refractivity contribution in [1.82, 2.24) is 14.8 Å². The quantitative estimate of drug-likeness (QED) is 0.622. The van der Waals surface area contributed by atoms with Gasteiger partial charge in [-0.2, -0.15) is 0 Å². The van der Waals surface area contributed by atoms with Gasteiger partial charge in [0, 0.05) is 18.2 Å². The van der Waals surface area contributed by atoms with E-state index in [1.54, 1.807) is 24.1 Å². The van der Waals surface area contributed by atoms with Crippen LogP contribution in [-0.2, 0) is 11.3 Å². The highest BCUT2D eigenvalue weighted by Crippen LogP contribution is 2.38. The number of furan rings is 1. The second kappa shape index (κ2) is 8.02. The molecule has 0 unspecified atom stereocenters. The first kappa shape index (κ1) is 17.3. The number of benzene rings is 1. The molecule has 6 nitrogen and oxygen atoms in total. The molecule has 0 fully saturated rings. The minimum Gasteiger partial charge on any atom is -0.461 e. The van der Waals surface area contributed by atoms with Crippen molar-refractivity contribution in [2.24, 2.45) is 5.73 Å². The average Bonchev–Trinajstić information content (AvgIpc) is 3.28. The number of nitrogens with zero attached hydrogens (tertiary/aromatic N) is 3. The van der Waals surface area contributed by atoms with Crippen LogP contribution in [0, 0.1) is 0 Å². The van der Waals surface area contributed by atoms with Gasteiger partial charge in [0.2, 0.25) is 5.91 Å². The molecule has 2 heterocycles. The molecule has 3 rings (SSSR count). The van der Waals surface area contributed by atoms with E-state index >= 15 is 0 Å². The molecule has 1 atom stereocenters. The van der Waals surface area contributed by atoms with E-state index < -0.39 is 0 Å². The van der Waals surface area contributed by atoms with Crippen molar-refractivity contribution in [2.45, 2.75) is 36.7 Å². The predicted octanol–water partition coefficient (Wildman–Crippen LogP) is 3.66. The fourth-order valence-corrected chi connectivity index (χ4v) is 3.68. The zero-order valence-electron chi connectivity index (χ0n) is 14.0. The summed E-state index contributed by atoms with van der Waals surface area (Å²) in [6.07, 6.45) is 2.77. The lowest BCUT2D eigenvalue weighted by Crippen LogP contribution is -2.15. The van der Waals surface area contributed by atoms with Gasteiger partial charge in [-0.15, -0.1) is 10.2 Å². The lowest BCUT2D eigenvalue weighted by molar-refractivity contribution is -0.118. The van der Waals surface area contributed by atoms with E-state index in [1.807, 2.05) is 28.8 Å². The summed E-state index contributed by atoms with van der Waals surface area (Å²) in [4.78, 5) is 11.2. The monoisotopic (exact) mass is 356 g/mol. The molecule has 0 radical (unpaired) electrons. The van der Waals surface area contributed by atoms with Gasteiger partial charge in [0.1, 0.15) is 0 Å². The Bertz CT molecular complexity index is 815. The first-order valence-corrected chi connectivity index (χ1v) is 9.04. The maximum absolute atomic E-state index is 11.2. The molecule has 0 aliphatic carbocycles. The minimum atomic E-state index is -0.356. The molecule has 0 aliphatic heterocycles. The molecule has 0 aliphatic rings. The zero-order chi connectivity index (χ0) is 17.6. The number of rotatable bonds is 8. The summed E-state index contributed by atoms with van der Waals surface area (Å²) in [6.45, 7) is 2.56. The molecule has 7 heteroatoms. The van der Waals surface area contributed by atoms with Crippen LogP contribution >= 0.6 is 11.8 Å². The Morgan fingerprint density at radius 1 is 1.24 bits per heavy atom. The van der Waals surface area contributed by atoms with Crippen molar-refractivity contribution in [3.63, 3.8) is 0 Å². The normalized spacial score (nSPS) is 12.2. The van der Waals surface area contributed by atoms with E-state index in [0.717, 1.165) is 11.6 Å². The number of aromatic nitrogens is 3. The Morgan fingerprint density at radius 3 is 2.68 bits per heavy atom. The summed E-state index contributed by atoms with van der Waals surface area (Å²) in [6, 6.07) is 13.9. The van der Waals surface area contributed by atoms with E-state index in [4.69, 9.17) is 10.2 Å². The molecular weight excluding hydrogens is 336 g/mol. The lowest BCUT2D eigenvalue weighted by Gasteiger charge is -2.15. The van der Waals surface area contributed by atoms with Crippen molar-refractivity contribution in [3.8, 4) is 11.6 Å². The maximum Gasteiger partial charge on any atom is 0.219 e. The van der Waals surface area contributed by atoms with Gasteiger partial charge in [0.15, 0.2) is 16.7 Å². The average molecular weight is 356 g/mol. The standard InChI is InChI=1S/C18H20N4O2S/c1-2-15(13-7-4-3-5-8-13)25-18-21-20-17(14-9-6-12-24-14)22(18)11-10-16(19)23/h3-9,12,15H,2,10-11H2,1H3,(H2,19,23)/t15-/m0/s1. The van der Waals surface area contributed by atoms with Crippen molar-refractivity contribution >= 4 is 17.7 Å². The Balaban J connectivity index is 1.90. The third-order valence-corrected chi connectivity index (χ3v) is 5.23. The predicted molar refractivity (Wildman–Crippen MR) is 96.9 cm³/mol. The SMILES string of the molecule is CC[C@H](Sc1nnc(-c2ccco2)n1CCC(N)=O)c1ccccc1. The second-order valence-electron chi connectivity index (χ2n) is 5.58. The fourth-order valence-electron chi connectivity index (χ4n) is 2.57. The molecule has 1 aromatic carbocycles. The van der Waals surface area contributed by atoms with Crippen molar-refractivity contribution in [3.05, 3.63) is 54.3 Å². The summed E-state index contributed by atoms with van der Waals surface area (Å²) < 4.78 is 7.35. The fraction of sp³-hybridized carbons (Fsp3) is 0.278. The van der Waals surface area contributed by atoms with Crippen LogP contribution in [0.1, 0.15) is 30.6 Å². The van der Waals surface area contributed by atoms with Crippen LogP contribution in [0.5, 0.6) is 0 Å². The number of nitrogens with two attached hydrogens (primary N) is 1. The number of hydrogen-bond donors (Lipinski definition) is 1. The highest BCUT2D eigenvalue weighted by atomic mass is 32.2. The van der Waals surface area contributed by atoms with Crippen LogP contribution in [0.15, 0.2) is 58.3 Å². The highest BCUT2D eigenvalue weighted by Gasteiger charge is 2.20. The summed E-state index contributed by atoms with van der Waals surface area (Å²) in [5, 5.41) is 9.60. The Labute approximate surface area is 150 Å². The molecule has 2 N–H and O–H groups in total. The summed E-state index contributed by atoms with van der Waals surface area (Å²) in [5.41, 5.74) is 6.56. The first-order chi connectivity index (χ1) is 12.2. The number of amides is 1. The molecular formula is C18H20N4O2S. The van der Waals surface area contributed by atoms with Gasteiger partial charge in [0.25, 0.3) is 0 Å². The minimum absolute atomic E-state index is 0.224. The van der Waals surface area contributed by atoms with Gasteiger partial charge < -0.3 is 10.2 Å². The number of thioether (sulfide) groups is 1. The lowest BCUT2D eigenvalue weighted by atomic mass is 10.1. The topological polar surface area (TPSA) is 86.9 Å². The van der Waals surface area contributed by atoms with Gasteiger partial charge in [-0.25, -0.2) is 0 Å². The van der Waals surface area contributed by atoms with Gasteiger partial charge in [-0.1, -0.05) is 49.0 Å². The maximum atomic E-state index is 11.2. The molecule has 25 heavy (non-hydrogen) atoms. The molecule has 0 saturated carbocycles. The van der Waals surface area contributed by atoms with Crippen LogP contribution in [0.2, 0.25) is 0 Å². The van der Waals surface area contributed by atoms with Gasteiger partial charge >= 0.3 is 0 Å². The molecule has 1 amide bonds. The van der Waals surface area contributed by atoms with E-state index in [9.17, 15) is 4.79 Å². The molecule has 130 valence electrons. The summed E-state index contributed by atoms with van der Waals surface area (Å²) >= 11 is 1.63. The molecule has 0 saturated heterocycles. The molecule has 2 aromatic heterocycles. The third kappa shape index (κ3) is 4.11. The van der Waals surface area contributed by atoms with Crippen molar-refractivity contribution in [2.75, 3.05) is 0 Å². The van der Waals surface area contributed by atoms with Crippen LogP contribution in [0.3, 0.4) is 0 Å². The number of carbonyl (C=O) groups excluding carboxylic acids is 1. The van der Waals surface area contributed by atoms with Crippen LogP contribution in [-0.4, -0.2) is 20.7 Å². The zero-order valence-corrected chi connectivity index (χ0v) is 14.8. The first-order valence-electron chi connectivity index (χ1n) is 8.16. The van der Waals surface area contributed by atoms with Gasteiger partial charge in [-0.3, -0.25) is 9.36 Å². The summed E-state index contributed by atoms with van der Waals surface area (Å²) in [7, 11) is 0. The summed E-state index contributed by atoms with van der Waals surface area (Å²) in [5.74, 6) is 0.874. The Hall–Kier alpha value is -2.54. The number of carbonyl (C=O) groups is 1. The number of hydrogen-bond acceptors (Lipinski definition) is 5. The van der Waals surface area contributed by atoms with Crippen LogP contribution < -0.4 is 5.73 Å². The van der Waals surface area contributed by atoms with Crippen LogP contribution in [0.4, 0.5) is 0 Å². The molecule has 0 bridgehead atoms. The largest absolute Gasteiger partial charge is 0.461 e. The Morgan fingerprint density at radius 2 is 2.04 bits per heavy atom. The highest BCUT2D eigenvalue weighted by molar-refractivity contribution is 7.99. The molecule has 0 spiro atoms. The van der Waals surface area contributed by atoms with Gasteiger partial charge in [0.05, 0.1) is 6.26 Å². The van der Waals surface area contributed by atoms with Gasteiger partial charge in [-0.05, 0) is 24.1 Å². The van der Waals surface area contributed by atoms with Crippen molar-refractivity contribution in [1.29, 1.82) is 0 Å². The molecule has 3 aromatic rings. The van der Waals surface area contributed by atoms with E-state index in [1.165, 1.54) is 5.56 Å². The van der Waals surface area contributed by atoms with E-state index in [2.05, 4.69) is 29.3 Å². The number of primary amides is 1. The van der Waals surface area contributed by atoms with E-state index in [0.29, 0.717) is 18.1 Å². The van der Waals surface area contributed by atoms with Crippen molar-refractivity contribution < 1.29 is 9.21 Å². The smallest absolute Gasteiger partial charge is 0.219 e. The van der Waals surface area contributed by atoms with Crippen LogP contribution in [0.25, 0.3) is 11.6 Å².